The lowest BCUT2D eigenvalue weighted by Gasteiger charge is -2.48. The van der Waals surface area contributed by atoms with Crippen LogP contribution in [0.15, 0.2) is 18.2 Å². The standard InChI is InChI=1S/C16H25FN2O/c1-11(18)14-12(17)7-6-8-13(14)19-9-15(2,3)20-16(4,5)10-19/h6-8,11H,9-10,18H2,1-5H3/t11-/m1/s1. The van der Waals surface area contributed by atoms with Gasteiger partial charge in [0.15, 0.2) is 0 Å². The second kappa shape index (κ2) is 5.01. The van der Waals surface area contributed by atoms with E-state index in [0.29, 0.717) is 5.56 Å². The molecule has 1 atom stereocenters. The Bertz CT molecular complexity index is 481. The van der Waals surface area contributed by atoms with Crippen LogP contribution in [-0.2, 0) is 4.74 Å². The van der Waals surface area contributed by atoms with E-state index in [4.69, 9.17) is 10.5 Å². The Morgan fingerprint density at radius 2 is 1.75 bits per heavy atom. The summed E-state index contributed by atoms with van der Waals surface area (Å²) in [6.45, 7) is 11.5. The highest BCUT2D eigenvalue weighted by molar-refractivity contribution is 5.56. The summed E-state index contributed by atoms with van der Waals surface area (Å²) in [7, 11) is 0. The predicted octanol–water partition coefficient (Wildman–Crippen LogP) is 3.24. The number of morpholine rings is 1. The van der Waals surface area contributed by atoms with Crippen molar-refractivity contribution in [2.24, 2.45) is 5.73 Å². The number of halogens is 1. The van der Waals surface area contributed by atoms with Gasteiger partial charge in [-0.1, -0.05) is 6.07 Å². The van der Waals surface area contributed by atoms with E-state index in [1.165, 1.54) is 6.07 Å². The molecule has 1 aromatic carbocycles. The summed E-state index contributed by atoms with van der Waals surface area (Å²) >= 11 is 0. The molecule has 0 bridgehead atoms. The zero-order valence-corrected chi connectivity index (χ0v) is 13.0. The first-order valence-electron chi connectivity index (χ1n) is 7.10. The van der Waals surface area contributed by atoms with Gasteiger partial charge in [0.1, 0.15) is 5.82 Å². The summed E-state index contributed by atoms with van der Waals surface area (Å²) < 4.78 is 20.2. The van der Waals surface area contributed by atoms with E-state index in [0.717, 1.165) is 18.8 Å². The molecule has 1 aliphatic rings. The van der Waals surface area contributed by atoms with Crippen LogP contribution in [0.4, 0.5) is 10.1 Å². The third kappa shape index (κ3) is 3.13. The van der Waals surface area contributed by atoms with Crippen LogP contribution in [0.25, 0.3) is 0 Å². The topological polar surface area (TPSA) is 38.5 Å². The van der Waals surface area contributed by atoms with Gasteiger partial charge in [-0.3, -0.25) is 0 Å². The summed E-state index contributed by atoms with van der Waals surface area (Å²) in [5, 5.41) is 0. The molecule has 1 aromatic rings. The van der Waals surface area contributed by atoms with Gasteiger partial charge < -0.3 is 15.4 Å². The first-order valence-corrected chi connectivity index (χ1v) is 7.10. The smallest absolute Gasteiger partial charge is 0.130 e. The summed E-state index contributed by atoms with van der Waals surface area (Å²) in [5.74, 6) is -0.236. The number of nitrogens with two attached hydrogens (primary N) is 1. The molecule has 1 aliphatic heterocycles. The number of hydrogen-bond donors (Lipinski definition) is 1. The number of rotatable bonds is 2. The second-order valence-corrected chi connectivity index (χ2v) is 6.94. The lowest BCUT2D eigenvalue weighted by molar-refractivity contribution is -0.133. The number of anilines is 1. The average molecular weight is 280 g/mol. The van der Waals surface area contributed by atoms with Crippen molar-refractivity contribution < 1.29 is 9.13 Å². The maximum absolute atomic E-state index is 14.1. The minimum Gasteiger partial charge on any atom is -0.366 e. The van der Waals surface area contributed by atoms with Gasteiger partial charge in [0.2, 0.25) is 0 Å². The minimum absolute atomic E-state index is 0.236. The van der Waals surface area contributed by atoms with Crippen LogP contribution in [0.3, 0.4) is 0 Å². The van der Waals surface area contributed by atoms with E-state index in [-0.39, 0.29) is 23.1 Å². The van der Waals surface area contributed by atoms with Crippen molar-refractivity contribution in [3.8, 4) is 0 Å². The molecule has 2 rings (SSSR count). The number of hydrogen-bond acceptors (Lipinski definition) is 3. The average Bonchev–Trinajstić information content (AvgIpc) is 2.23. The highest BCUT2D eigenvalue weighted by Gasteiger charge is 2.39. The number of nitrogens with zero attached hydrogens (tertiary/aromatic N) is 1. The van der Waals surface area contributed by atoms with Gasteiger partial charge in [0.05, 0.1) is 11.2 Å². The van der Waals surface area contributed by atoms with Crippen LogP contribution in [0.5, 0.6) is 0 Å². The van der Waals surface area contributed by atoms with Crippen molar-refractivity contribution in [1.82, 2.24) is 0 Å². The van der Waals surface area contributed by atoms with Crippen molar-refractivity contribution in [2.45, 2.75) is 51.9 Å². The normalized spacial score (nSPS) is 22.6. The van der Waals surface area contributed by atoms with Crippen LogP contribution in [0, 0.1) is 5.82 Å². The fourth-order valence-electron chi connectivity index (χ4n) is 3.21. The Labute approximate surface area is 120 Å². The highest BCUT2D eigenvalue weighted by atomic mass is 19.1. The Balaban J connectivity index is 2.43. The molecule has 20 heavy (non-hydrogen) atoms. The molecule has 112 valence electrons. The SMILES string of the molecule is C[C@@H](N)c1c(F)cccc1N1CC(C)(C)OC(C)(C)C1. The van der Waals surface area contributed by atoms with Crippen molar-refractivity contribution in [1.29, 1.82) is 0 Å². The largest absolute Gasteiger partial charge is 0.366 e. The molecule has 1 heterocycles. The van der Waals surface area contributed by atoms with Gasteiger partial charge in [-0.05, 0) is 46.8 Å². The third-order valence-corrected chi connectivity index (χ3v) is 3.52. The van der Waals surface area contributed by atoms with Crippen molar-refractivity contribution in [3.05, 3.63) is 29.6 Å². The summed E-state index contributed by atoms with van der Waals surface area (Å²) in [5.41, 5.74) is 6.87. The Morgan fingerprint density at radius 1 is 1.20 bits per heavy atom. The number of ether oxygens (including phenoxy) is 1. The van der Waals surface area contributed by atoms with Gasteiger partial charge in [-0.25, -0.2) is 4.39 Å². The van der Waals surface area contributed by atoms with Crippen molar-refractivity contribution >= 4 is 5.69 Å². The third-order valence-electron chi connectivity index (χ3n) is 3.52. The van der Waals surface area contributed by atoms with Gasteiger partial charge in [0, 0.05) is 30.4 Å². The molecule has 0 radical (unpaired) electrons. The van der Waals surface area contributed by atoms with Crippen molar-refractivity contribution in [3.63, 3.8) is 0 Å². The molecule has 0 saturated carbocycles. The first-order chi connectivity index (χ1) is 9.11. The molecule has 0 aliphatic carbocycles. The van der Waals surface area contributed by atoms with Gasteiger partial charge in [-0.2, -0.15) is 0 Å². The molecule has 2 N–H and O–H groups in total. The monoisotopic (exact) mass is 280 g/mol. The molecular weight excluding hydrogens is 255 g/mol. The maximum Gasteiger partial charge on any atom is 0.130 e. The van der Waals surface area contributed by atoms with Gasteiger partial charge >= 0.3 is 0 Å². The minimum atomic E-state index is -0.333. The van der Waals surface area contributed by atoms with Crippen LogP contribution in [0.1, 0.15) is 46.2 Å². The molecule has 1 fully saturated rings. The lowest BCUT2D eigenvalue weighted by Crippen LogP contribution is -2.57. The lowest BCUT2D eigenvalue weighted by atomic mass is 9.96. The second-order valence-electron chi connectivity index (χ2n) is 6.94. The molecular formula is C16H25FN2O. The van der Waals surface area contributed by atoms with Crippen LogP contribution >= 0.6 is 0 Å². The van der Waals surface area contributed by atoms with Gasteiger partial charge in [-0.15, -0.1) is 0 Å². The Hall–Kier alpha value is -1.13. The summed E-state index contributed by atoms with van der Waals surface area (Å²) in [6, 6.07) is 4.82. The molecule has 0 amide bonds. The van der Waals surface area contributed by atoms with Crippen molar-refractivity contribution in [2.75, 3.05) is 18.0 Å². The maximum atomic E-state index is 14.1. The molecule has 1 saturated heterocycles. The van der Waals surface area contributed by atoms with E-state index in [1.54, 1.807) is 6.07 Å². The summed E-state index contributed by atoms with van der Waals surface area (Å²) in [6.07, 6.45) is 0. The molecule has 0 unspecified atom stereocenters. The van der Waals surface area contributed by atoms with E-state index >= 15 is 0 Å². The fraction of sp³-hybridized carbons (Fsp3) is 0.625. The van der Waals surface area contributed by atoms with Crippen LogP contribution in [-0.4, -0.2) is 24.3 Å². The van der Waals surface area contributed by atoms with E-state index in [9.17, 15) is 4.39 Å². The zero-order valence-electron chi connectivity index (χ0n) is 13.0. The predicted molar refractivity (Wildman–Crippen MR) is 80.5 cm³/mol. The molecule has 0 spiro atoms. The van der Waals surface area contributed by atoms with Crippen LogP contribution < -0.4 is 10.6 Å². The Kier molecular flexibility index (Phi) is 3.82. The quantitative estimate of drug-likeness (QED) is 0.904. The first kappa shape index (κ1) is 15.3. The zero-order chi connectivity index (χ0) is 15.1. The van der Waals surface area contributed by atoms with Gasteiger partial charge in [0.25, 0.3) is 0 Å². The molecule has 4 heteroatoms. The Morgan fingerprint density at radius 3 is 2.25 bits per heavy atom. The molecule has 0 aromatic heterocycles. The fourth-order valence-corrected chi connectivity index (χ4v) is 3.21. The number of benzene rings is 1. The highest BCUT2D eigenvalue weighted by Crippen LogP contribution is 2.35. The van der Waals surface area contributed by atoms with E-state index in [2.05, 4.69) is 32.6 Å². The van der Waals surface area contributed by atoms with Crippen LogP contribution in [0.2, 0.25) is 0 Å². The van der Waals surface area contributed by atoms with E-state index < -0.39 is 0 Å². The summed E-state index contributed by atoms with van der Waals surface area (Å²) in [4.78, 5) is 2.19. The van der Waals surface area contributed by atoms with E-state index in [1.807, 2.05) is 13.0 Å². The molecule has 3 nitrogen and oxygen atoms in total.